The van der Waals surface area contributed by atoms with Gasteiger partial charge < -0.3 is 18.9 Å². The molecule has 1 N–H and O–H groups in total. The first-order valence-electron chi connectivity index (χ1n) is 6.26. The van der Waals surface area contributed by atoms with Gasteiger partial charge in [0.25, 0.3) is 0 Å². The third-order valence-electron chi connectivity index (χ3n) is 2.76. The molecule has 0 aromatic carbocycles. The first kappa shape index (κ1) is 16.6. The Kier molecular flexibility index (Phi) is 6.30. The second kappa shape index (κ2) is 6.82. The summed E-state index contributed by atoms with van der Waals surface area (Å²) in [5.74, 6) is 0. The molecule has 0 aromatic rings. The summed E-state index contributed by atoms with van der Waals surface area (Å²) in [5.41, 5.74) is -0.0732. The standard InChI is InChI=1S/C11H22BO4PS/c1-7(2)14-6-10-9(5-11(12)15-10)16-17(13,18)8(3)4/h7-11H,5-6H2,1-4H3,(H,13,18)/t9-,10+,11+,17?/m0/s1. The van der Waals surface area contributed by atoms with Gasteiger partial charge in [-0.05, 0) is 32.1 Å². The molecule has 7 heteroatoms. The highest BCUT2D eigenvalue weighted by molar-refractivity contribution is 8.09. The lowest BCUT2D eigenvalue weighted by Gasteiger charge is -2.27. The Balaban J connectivity index is 2.59. The summed E-state index contributed by atoms with van der Waals surface area (Å²) in [6, 6.07) is -0.377. The van der Waals surface area contributed by atoms with E-state index in [-0.39, 0.29) is 30.0 Å². The zero-order valence-electron chi connectivity index (χ0n) is 11.4. The van der Waals surface area contributed by atoms with E-state index in [1.54, 1.807) is 0 Å². The fourth-order valence-electron chi connectivity index (χ4n) is 1.61. The molecule has 1 aliphatic heterocycles. The molecule has 104 valence electrons. The maximum Gasteiger partial charge on any atom is 0.189 e. The zero-order chi connectivity index (χ0) is 13.9. The van der Waals surface area contributed by atoms with Gasteiger partial charge in [0.15, 0.2) is 6.49 Å². The molecule has 4 atom stereocenters. The van der Waals surface area contributed by atoms with Crippen molar-refractivity contribution in [3.63, 3.8) is 0 Å². The first-order chi connectivity index (χ1) is 8.22. The zero-order valence-corrected chi connectivity index (χ0v) is 13.1. The van der Waals surface area contributed by atoms with Crippen molar-refractivity contribution < 1.29 is 18.9 Å². The third kappa shape index (κ3) is 4.91. The van der Waals surface area contributed by atoms with E-state index in [0.717, 1.165) is 0 Å². The summed E-state index contributed by atoms with van der Waals surface area (Å²) >= 11 is 5.14. The van der Waals surface area contributed by atoms with Crippen LogP contribution in [0.2, 0.25) is 0 Å². The Hall–Kier alpha value is 0.555. The molecule has 0 bridgehead atoms. The highest BCUT2D eigenvalue weighted by Gasteiger charge is 2.37. The van der Waals surface area contributed by atoms with Gasteiger partial charge >= 0.3 is 0 Å². The molecule has 2 radical (unpaired) electrons. The first-order valence-corrected chi connectivity index (χ1v) is 9.00. The summed E-state index contributed by atoms with van der Waals surface area (Å²) in [6.45, 7) is 5.25. The van der Waals surface area contributed by atoms with Crippen molar-refractivity contribution in [2.24, 2.45) is 0 Å². The van der Waals surface area contributed by atoms with E-state index in [2.05, 4.69) is 0 Å². The molecule has 0 amide bonds. The number of ether oxygens (including phenoxy) is 2. The second-order valence-electron chi connectivity index (χ2n) is 5.13. The molecule has 1 unspecified atom stereocenters. The highest BCUT2D eigenvalue weighted by atomic mass is 32.5. The monoisotopic (exact) mass is 292 g/mol. The van der Waals surface area contributed by atoms with Gasteiger partial charge in [0.1, 0.15) is 14.0 Å². The molecule has 1 saturated heterocycles. The van der Waals surface area contributed by atoms with Crippen molar-refractivity contribution in [2.75, 3.05) is 6.61 Å². The van der Waals surface area contributed by atoms with Gasteiger partial charge in [0.05, 0.1) is 18.8 Å². The minimum atomic E-state index is -2.78. The maximum absolute atomic E-state index is 10.1. The molecule has 0 spiro atoms. The van der Waals surface area contributed by atoms with Gasteiger partial charge in [-0.1, -0.05) is 13.8 Å². The summed E-state index contributed by atoms with van der Waals surface area (Å²) in [7, 11) is 5.76. The van der Waals surface area contributed by atoms with E-state index in [1.807, 2.05) is 27.7 Å². The van der Waals surface area contributed by atoms with Gasteiger partial charge in [-0.15, -0.1) is 0 Å². The van der Waals surface area contributed by atoms with E-state index in [1.165, 1.54) is 0 Å². The lowest BCUT2D eigenvalue weighted by Crippen LogP contribution is -2.30. The Labute approximate surface area is 116 Å². The average molecular weight is 292 g/mol. The summed E-state index contributed by atoms with van der Waals surface area (Å²) in [5, 5.41) is 0. The molecule has 1 aliphatic rings. The van der Waals surface area contributed by atoms with Gasteiger partial charge in [-0.2, -0.15) is 0 Å². The van der Waals surface area contributed by atoms with Crippen LogP contribution in [0.25, 0.3) is 0 Å². The van der Waals surface area contributed by atoms with E-state index >= 15 is 0 Å². The Morgan fingerprint density at radius 1 is 1.44 bits per heavy atom. The molecule has 0 aromatic heterocycles. The smallest absolute Gasteiger partial charge is 0.189 e. The van der Waals surface area contributed by atoms with Crippen LogP contribution in [-0.2, 0) is 25.8 Å². The summed E-state index contributed by atoms with van der Waals surface area (Å²) < 4.78 is 16.7. The number of hydrogen-bond acceptors (Lipinski definition) is 4. The van der Waals surface area contributed by atoms with E-state index in [0.29, 0.717) is 13.0 Å². The van der Waals surface area contributed by atoms with E-state index < -0.39 is 6.49 Å². The molecule has 1 fully saturated rings. The molecule has 0 saturated carbocycles. The van der Waals surface area contributed by atoms with E-state index in [4.69, 9.17) is 33.7 Å². The van der Waals surface area contributed by atoms with Crippen LogP contribution >= 0.6 is 6.49 Å². The lowest BCUT2D eigenvalue weighted by molar-refractivity contribution is -0.0415. The molecule has 1 heterocycles. The van der Waals surface area contributed by atoms with Crippen LogP contribution in [0.15, 0.2) is 0 Å². The van der Waals surface area contributed by atoms with Crippen molar-refractivity contribution in [3.05, 3.63) is 0 Å². The summed E-state index contributed by atoms with van der Waals surface area (Å²) in [4.78, 5) is 10.1. The van der Waals surface area contributed by atoms with Crippen LogP contribution in [0.5, 0.6) is 0 Å². The molecule has 0 aliphatic carbocycles. The van der Waals surface area contributed by atoms with Crippen LogP contribution in [-0.4, -0.2) is 49.3 Å². The van der Waals surface area contributed by atoms with Gasteiger partial charge in [-0.25, -0.2) is 0 Å². The van der Waals surface area contributed by atoms with Gasteiger partial charge in [0.2, 0.25) is 0 Å². The van der Waals surface area contributed by atoms with Crippen LogP contribution in [0.3, 0.4) is 0 Å². The normalized spacial score (nSPS) is 32.1. The van der Waals surface area contributed by atoms with Gasteiger partial charge in [-0.3, -0.25) is 0 Å². The molecular formula is C11H22BO4PS. The molecule has 4 nitrogen and oxygen atoms in total. The number of hydrogen-bond donors (Lipinski definition) is 1. The number of rotatable bonds is 6. The van der Waals surface area contributed by atoms with Gasteiger partial charge in [0, 0.05) is 11.7 Å². The topological polar surface area (TPSA) is 47.9 Å². The van der Waals surface area contributed by atoms with E-state index in [9.17, 15) is 4.89 Å². The van der Waals surface area contributed by atoms with Crippen LogP contribution in [0.4, 0.5) is 0 Å². The molecular weight excluding hydrogens is 270 g/mol. The van der Waals surface area contributed by atoms with Crippen molar-refractivity contribution in [2.45, 2.75) is 64.1 Å². The van der Waals surface area contributed by atoms with Crippen molar-refractivity contribution in [3.8, 4) is 0 Å². The SMILES string of the molecule is [B][C@H]1C[C@H](OP(O)(=S)C(C)C)[C@@H](COC(C)C)O1. The lowest BCUT2D eigenvalue weighted by atomic mass is 9.96. The maximum atomic E-state index is 10.1. The molecule has 18 heavy (non-hydrogen) atoms. The largest absolute Gasteiger partial charge is 0.380 e. The quantitative estimate of drug-likeness (QED) is 0.597. The minimum Gasteiger partial charge on any atom is -0.380 e. The predicted octanol–water partition coefficient (Wildman–Crippen LogP) is 1.79. The van der Waals surface area contributed by atoms with Crippen LogP contribution < -0.4 is 0 Å². The van der Waals surface area contributed by atoms with Crippen molar-refractivity contribution in [1.29, 1.82) is 0 Å². The fraction of sp³-hybridized carbons (Fsp3) is 1.00. The fourth-order valence-corrected chi connectivity index (χ4v) is 2.79. The third-order valence-corrected chi connectivity index (χ3v) is 6.16. The molecule has 1 rings (SSSR count). The minimum absolute atomic E-state index is 0.0732. The van der Waals surface area contributed by atoms with Crippen LogP contribution in [0, 0.1) is 0 Å². The Morgan fingerprint density at radius 2 is 2.06 bits per heavy atom. The highest BCUT2D eigenvalue weighted by Crippen LogP contribution is 2.50. The predicted molar refractivity (Wildman–Crippen MR) is 76.6 cm³/mol. The second-order valence-corrected chi connectivity index (χ2v) is 9.07. The van der Waals surface area contributed by atoms with Crippen LogP contribution in [0.1, 0.15) is 34.1 Å². The van der Waals surface area contributed by atoms with Crippen molar-refractivity contribution in [1.82, 2.24) is 0 Å². The van der Waals surface area contributed by atoms with Crippen molar-refractivity contribution >= 4 is 26.1 Å². The summed E-state index contributed by atoms with van der Waals surface area (Å²) in [6.07, 6.45) is 0.124. The average Bonchev–Trinajstić information content (AvgIpc) is 2.54. The Bertz CT molecular complexity index is 313. The Morgan fingerprint density at radius 3 is 2.56 bits per heavy atom.